The zero-order valence-corrected chi connectivity index (χ0v) is 12.1. The van der Waals surface area contributed by atoms with Crippen LogP contribution in [0.5, 0.6) is 5.75 Å². The summed E-state index contributed by atoms with van der Waals surface area (Å²) in [6.45, 7) is 0. The van der Waals surface area contributed by atoms with Crippen LogP contribution in [0.25, 0.3) is 0 Å². The molecule has 0 bridgehead atoms. The second kappa shape index (κ2) is 6.78. The maximum absolute atomic E-state index is 12.2. The third kappa shape index (κ3) is 3.33. The van der Waals surface area contributed by atoms with Gasteiger partial charge in [-0.05, 0) is 29.8 Å². The van der Waals surface area contributed by atoms with E-state index in [4.69, 9.17) is 21.6 Å². The minimum atomic E-state index is -0.308. The molecule has 1 N–H and O–H groups in total. The smallest absolute Gasteiger partial charge is 0.255 e. The Balaban J connectivity index is 2.29. The Hall–Kier alpha value is -2.51. The van der Waals surface area contributed by atoms with Gasteiger partial charge < -0.3 is 10.1 Å². The predicted molar refractivity (Wildman–Crippen MR) is 81.7 cm³/mol. The number of nitrogens with one attached hydrogen (secondary N) is 1. The summed E-state index contributed by atoms with van der Waals surface area (Å²) >= 11 is 5.71. The van der Waals surface area contributed by atoms with Gasteiger partial charge in [0.05, 0.1) is 12.7 Å². The molecule has 2 rings (SSSR count). The Kier molecular flexibility index (Phi) is 4.81. The van der Waals surface area contributed by atoms with E-state index in [0.717, 1.165) is 5.56 Å². The maximum atomic E-state index is 12.2. The molecule has 0 aliphatic rings. The second-order valence-corrected chi connectivity index (χ2v) is 4.55. The van der Waals surface area contributed by atoms with Crippen LogP contribution in [0.2, 0.25) is 0 Å². The Morgan fingerprint density at radius 2 is 2.00 bits per heavy atom. The van der Waals surface area contributed by atoms with Crippen LogP contribution in [-0.4, -0.2) is 13.0 Å². The number of nitrogens with zero attached hydrogens (tertiary/aromatic N) is 1. The second-order valence-electron chi connectivity index (χ2n) is 4.28. The number of hydrogen-bond donors (Lipinski definition) is 1. The third-order valence-corrected chi connectivity index (χ3v) is 3.28. The first-order chi connectivity index (χ1) is 10.2. The number of nitriles is 1. The number of anilines is 1. The van der Waals surface area contributed by atoms with Gasteiger partial charge in [0.15, 0.2) is 0 Å². The Bertz CT molecular complexity index is 690. The van der Waals surface area contributed by atoms with Gasteiger partial charge in [-0.3, -0.25) is 4.79 Å². The number of para-hydroxylation sites is 1. The van der Waals surface area contributed by atoms with Crippen LogP contribution in [0, 0.1) is 11.3 Å². The van der Waals surface area contributed by atoms with Crippen molar-refractivity contribution >= 4 is 23.2 Å². The molecule has 2 aromatic carbocycles. The van der Waals surface area contributed by atoms with E-state index >= 15 is 0 Å². The van der Waals surface area contributed by atoms with Crippen molar-refractivity contribution in [1.29, 1.82) is 5.26 Å². The molecule has 0 aliphatic heterocycles. The average Bonchev–Trinajstić information content (AvgIpc) is 2.55. The average molecular weight is 301 g/mol. The summed E-state index contributed by atoms with van der Waals surface area (Å²) in [6.07, 6.45) is 0. The Morgan fingerprint density at radius 3 is 2.57 bits per heavy atom. The lowest BCUT2D eigenvalue weighted by molar-refractivity contribution is 0.102. The van der Waals surface area contributed by atoms with Gasteiger partial charge in [0.2, 0.25) is 0 Å². The monoisotopic (exact) mass is 300 g/mol. The van der Waals surface area contributed by atoms with Gasteiger partial charge in [-0.25, -0.2) is 0 Å². The lowest BCUT2D eigenvalue weighted by Gasteiger charge is -2.11. The molecule has 0 spiro atoms. The van der Waals surface area contributed by atoms with E-state index < -0.39 is 0 Å². The number of alkyl halides is 1. The zero-order valence-electron chi connectivity index (χ0n) is 11.4. The number of hydrogen-bond acceptors (Lipinski definition) is 3. The third-order valence-electron chi connectivity index (χ3n) is 2.98. The minimum Gasteiger partial charge on any atom is -0.495 e. The molecule has 0 aliphatic carbocycles. The van der Waals surface area contributed by atoms with Gasteiger partial charge in [0.25, 0.3) is 5.91 Å². The first-order valence-corrected chi connectivity index (χ1v) is 6.76. The number of amides is 1. The molecule has 106 valence electrons. The van der Waals surface area contributed by atoms with Crippen LogP contribution in [0.3, 0.4) is 0 Å². The summed E-state index contributed by atoms with van der Waals surface area (Å²) in [5, 5.41) is 11.8. The Morgan fingerprint density at radius 1 is 1.29 bits per heavy atom. The topological polar surface area (TPSA) is 62.1 Å². The lowest BCUT2D eigenvalue weighted by atomic mass is 10.1. The first kappa shape index (κ1) is 14.9. The molecule has 0 saturated carbocycles. The van der Waals surface area contributed by atoms with Crippen LogP contribution in [0.15, 0.2) is 42.5 Å². The maximum Gasteiger partial charge on any atom is 0.255 e. The van der Waals surface area contributed by atoms with Crippen molar-refractivity contribution in [2.45, 2.75) is 5.88 Å². The largest absolute Gasteiger partial charge is 0.495 e. The Labute approximate surface area is 127 Å². The van der Waals surface area contributed by atoms with E-state index in [1.54, 1.807) is 42.5 Å². The van der Waals surface area contributed by atoms with Crippen molar-refractivity contribution in [3.63, 3.8) is 0 Å². The zero-order chi connectivity index (χ0) is 15.2. The van der Waals surface area contributed by atoms with Crippen LogP contribution in [0.4, 0.5) is 5.69 Å². The number of halogens is 1. The van der Waals surface area contributed by atoms with Gasteiger partial charge in [0, 0.05) is 11.4 Å². The SMILES string of the molecule is COc1cccc(C#N)c1NC(=O)c1ccc(CCl)cc1. The molecule has 0 atom stereocenters. The summed E-state index contributed by atoms with van der Waals surface area (Å²) < 4.78 is 5.18. The van der Waals surface area contributed by atoms with Crippen molar-refractivity contribution < 1.29 is 9.53 Å². The summed E-state index contributed by atoms with van der Waals surface area (Å²) in [5.74, 6) is 0.532. The van der Waals surface area contributed by atoms with E-state index in [0.29, 0.717) is 28.4 Å². The summed E-state index contributed by atoms with van der Waals surface area (Å²) in [7, 11) is 1.49. The van der Waals surface area contributed by atoms with Crippen LogP contribution in [-0.2, 0) is 5.88 Å². The van der Waals surface area contributed by atoms with Gasteiger partial charge in [-0.15, -0.1) is 11.6 Å². The summed E-state index contributed by atoms with van der Waals surface area (Å²) in [5.41, 5.74) is 2.14. The standard InChI is InChI=1S/C16H13ClN2O2/c1-21-14-4-2-3-13(10-18)15(14)19-16(20)12-7-5-11(9-17)6-8-12/h2-8H,9H2,1H3,(H,19,20). The van der Waals surface area contributed by atoms with Crippen LogP contribution >= 0.6 is 11.6 Å². The number of rotatable bonds is 4. The lowest BCUT2D eigenvalue weighted by Crippen LogP contribution is -2.13. The molecule has 0 aromatic heterocycles. The van der Waals surface area contributed by atoms with E-state index in [9.17, 15) is 4.79 Å². The van der Waals surface area contributed by atoms with Crippen molar-refractivity contribution in [2.75, 3.05) is 12.4 Å². The molecular formula is C16H13ClN2O2. The molecule has 21 heavy (non-hydrogen) atoms. The molecule has 0 radical (unpaired) electrons. The fourth-order valence-electron chi connectivity index (χ4n) is 1.85. The van der Waals surface area contributed by atoms with Gasteiger partial charge in [0.1, 0.15) is 17.5 Å². The molecular weight excluding hydrogens is 288 g/mol. The van der Waals surface area contributed by atoms with Crippen LogP contribution in [0.1, 0.15) is 21.5 Å². The van der Waals surface area contributed by atoms with Gasteiger partial charge >= 0.3 is 0 Å². The number of ether oxygens (including phenoxy) is 1. The van der Waals surface area contributed by atoms with E-state index in [-0.39, 0.29) is 5.91 Å². The minimum absolute atomic E-state index is 0.308. The highest BCUT2D eigenvalue weighted by Gasteiger charge is 2.13. The molecule has 1 amide bonds. The molecule has 0 saturated heterocycles. The van der Waals surface area contributed by atoms with E-state index in [2.05, 4.69) is 5.32 Å². The highest BCUT2D eigenvalue weighted by molar-refractivity contribution is 6.17. The van der Waals surface area contributed by atoms with Crippen LogP contribution < -0.4 is 10.1 Å². The highest BCUT2D eigenvalue weighted by Crippen LogP contribution is 2.28. The highest BCUT2D eigenvalue weighted by atomic mass is 35.5. The van der Waals surface area contributed by atoms with Crippen molar-refractivity contribution in [1.82, 2.24) is 0 Å². The number of carbonyl (C=O) groups is 1. The number of benzene rings is 2. The molecule has 0 fully saturated rings. The van der Waals surface area contributed by atoms with E-state index in [1.165, 1.54) is 7.11 Å². The molecule has 2 aromatic rings. The fraction of sp³-hybridized carbons (Fsp3) is 0.125. The fourth-order valence-corrected chi connectivity index (χ4v) is 2.03. The molecule has 5 heteroatoms. The first-order valence-electron chi connectivity index (χ1n) is 6.23. The van der Waals surface area contributed by atoms with Crippen molar-refractivity contribution in [3.8, 4) is 11.8 Å². The van der Waals surface area contributed by atoms with Gasteiger partial charge in [-0.1, -0.05) is 18.2 Å². The normalized spacial score (nSPS) is 9.76. The molecule has 0 heterocycles. The predicted octanol–water partition coefficient (Wildman–Crippen LogP) is 3.56. The number of methoxy groups -OCH3 is 1. The van der Waals surface area contributed by atoms with E-state index in [1.807, 2.05) is 6.07 Å². The summed E-state index contributed by atoms with van der Waals surface area (Å²) in [6, 6.07) is 14.0. The molecule has 0 unspecified atom stereocenters. The van der Waals surface area contributed by atoms with Crippen molar-refractivity contribution in [2.24, 2.45) is 0 Å². The molecule has 4 nitrogen and oxygen atoms in total. The van der Waals surface area contributed by atoms with Gasteiger partial charge in [-0.2, -0.15) is 5.26 Å². The number of carbonyl (C=O) groups excluding carboxylic acids is 1. The quantitative estimate of drug-likeness (QED) is 0.878. The van der Waals surface area contributed by atoms with Crippen molar-refractivity contribution in [3.05, 3.63) is 59.2 Å². The summed E-state index contributed by atoms with van der Waals surface area (Å²) in [4.78, 5) is 12.2.